The van der Waals surface area contributed by atoms with Gasteiger partial charge in [-0.25, -0.2) is 0 Å². The first-order chi connectivity index (χ1) is 4.95. The summed E-state index contributed by atoms with van der Waals surface area (Å²) >= 11 is 0. The van der Waals surface area contributed by atoms with E-state index in [0.29, 0.717) is 0 Å². The number of hydrogen-bond acceptors (Lipinski definition) is 2. The summed E-state index contributed by atoms with van der Waals surface area (Å²) in [7, 11) is 1.79. The molecule has 1 atom stereocenters. The molecule has 0 amide bonds. The molecule has 0 aromatic rings. The topological polar surface area (TPSA) is 29.1 Å². The van der Waals surface area contributed by atoms with Gasteiger partial charge in [-0.05, 0) is 14.0 Å². The summed E-state index contributed by atoms with van der Waals surface area (Å²) < 4.78 is 0. The van der Waals surface area contributed by atoms with Crippen LogP contribution in [0.2, 0.25) is 0 Å². The Hall–Kier alpha value is -0.630. The van der Waals surface area contributed by atoms with Gasteiger partial charge in [0.25, 0.3) is 0 Å². The Morgan fingerprint density at radius 1 is 1.64 bits per heavy atom. The number of carbonyl (C=O) groups is 1. The number of hydrogen-bond donors (Lipinski definition) is 1. The molecule has 2 heteroatoms. The van der Waals surface area contributed by atoms with Crippen LogP contribution in [0.5, 0.6) is 0 Å². The minimum atomic E-state index is -0.166. The Balaban J connectivity index is 4.48. The molecule has 0 saturated heterocycles. The lowest BCUT2D eigenvalue weighted by molar-refractivity contribution is -0.120. The molecule has 0 aliphatic carbocycles. The molecular weight excluding hydrogens is 138 g/mol. The minimum Gasteiger partial charge on any atom is -0.310 e. The van der Waals surface area contributed by atoms with Gasteiger partial charge in [0.05, 0.1) is 6.04 Å². The van der Waals surface area contributed by atoms with Gasteiger partial charge in [0, 0.05) is 5.41 Å². The van der Waals surface area contributed by atoms with E-state index in [1.807, 2.05) is 13.8 Å². The molecule has 1 unspecified atom stereocenters. The molecule has 0 spiro atoms. The van der Waals surface area contributed by atoms with Crippen molar-refractivity contribution in [2.75, 3.05) is 7.05 Å². The fourth-order valence-corrected chi connectivity index (χ4v) is 1.22. The van der Waals surface area contributed by atoms with E-state index in [9.17, 15) is 4.79 Å². The highest BCUT2D eigenvalue weighted by atomic mass is 16.1. The molecular formula is C9H17NO. The van der Waals surface area contributed by atoms with Crippen LogP contribution in [0.3, 0.4) is 0 Å². The SMILES string of the molecule is C=CC(C)(C)C(NC)C(C)=O. The summed E-state index contributed by atoms with van der Waals surface area (Å²) in [6.07, 6.45) is 1.80. The monoisotopic (exact) mass is 155 g/mol. The van der Waals surface area contributed by atoms with E-state index >= 15 is 0 Å². The van der Waals surface area contributed by atoms with Gasteiger partial charge in [0.2, 0.25) is 0 Å². The zero-order chi connectivity index (χ0) is 9.07. The number of ketones is 1. The molecule has 0 aromatic heterocycles. The number of likely N-dealkylation sites (N-methyl/N-ethyl adjacent to an activating group) is 1. The standard InChI is InChI=1S/C9H17NO/c1-6-9(3,4)8(10-5)7(2)11/h6,8,10H,1H2,2-5H3. The van der Waals surface area contributed by atoms with Crippen LogP contribution in [0.1, 0.15) is 20.8 Å². The highest BCUT2D eigenvalue weighted by molar-refractivity contribution is 5.82. The first-order valence-corrected chi connectivity index (χ1v) is 3.77. The molecule has 0 aliphatic rings. The van der Waals surface area contributed by atoms with Crippen molar-refractivity contribution in [1.29, 1.82) is 0 Å². The van der Waals surface area contributed by atoms with Crippen LogP contribution in [0.4, 0.5) is 0 Å². The molecule has 0 saturated carbocycles. The average Bonchev–Trinajstić information content (AvgIpc) is 1.88. The Morgan fingerprint density at radius 2 is 2.09 bits per heavy atom. The van der Waals surface area contributed by atoms with Crippen molar-refractivity contribution < 1.29 is 4.79 Å². The van der Waals surface area contributed by atoms with Crippen molar-refractivity contribution >= 4 is 5.78 Å². The third-order valence-corrected chi connectivity index (χ3v) is 1.97. The van der Waals surface area contributed by atoms with E-state index in [1.165, 1.54) is 0 Å². The van der Waals surface area contributed by atoms with Crippen LogP contribution < -0.4 is 5.32 Å². The largest absolute Gasteiger partial charge is 0.310 e. The van der Waals surface area contributed by atoms with Crippen LogP contribution >= 0.6 is 0 Å². The van der Waals surface area contributed by atoms with E-state index in [1.54, 1.807) is 20.0 Å². The summed E-state index contributed by atoms with van der Waals surface area (Å²) in [6.45, 7) is 9.26. The smallest absolute Gasteiger partial charge is 0.147 e. The van der Waals surface area contributed by atoms with Crippen molar-refractivity contribution in [3.63, 3.8) is 0 Å². The van der Waals surface area contributed by atoms with Gasteiger partial charge in [0.1, 0.15) is 5.78 Å². The van der Waals surface area contributed by atoms with E-state index in [-0.39, 0.29) is 17.2 Å². The zero-order valence-corrected chi connectivity index (χ0v) is 7.77. The minimum absolute atomic E-state index is 0.125. The lowest BCUT2D eigenvalue weighted by Gasteiger charge is -2.28. The first kappa shape index (κ1) is 10.4. The molecule has 0 aromatic carbocycles. The number of nitrogens with one attached hydrogen (secondary N) is 1. The molecule has 0 bridgehead atoms. The van der Waals surface area contributed by atoms with E-state index in [4.69, 9.17) is 0 Å². The van der Waals surface area contributed by atoms with Gasteiger partial charge in [-0.15, -0.1) is 6.58 Å². The molecule has 2 nitrogen and oxygen atoms in total. The predicted molar refractivity (Wildman–Crippen MR) is 47.5 cm³/mol. The molecule has 64 valence electrons. The van der Waals surface area contributed by atoms with Crippen LogP contribution in [0, 0.1) is 5.41 Å². The Bertz CT molecular complexity index is 161. The second kappa shape index (κ2) is 3.67. The maximum atomic E-state index is 11.1. The van der Waals surface area contributed by atoms with Gasteiger partial charge >= 0.3 is 0 Å². The van der Waals surface area contributed by atoms with Gasteiger partial charge < -0.3 is 5.32 Å². The molecule has 11 heavy (non-hydrogen) atoms. The molecule has 0 rings (SSSR count). The number of rotatable bonds is 4. The number of carbonyl (C=O) groups excluding carboxylic acids is 1. The van der Waals surface area contributed by atoms with Crippen LogP contribution in [-0.4, -0.2) is 18.9 Å². The fraction of sp³-hybridized carbons (Fsp3) is 0.667. The molecule has 0 aliphatic heterocycles. The van der Waals surface area contributed by atoms with Crippen molar-refractivity contribution in [1.82, 2.24) is 5.32 Å². The van der Waals surface area contributed by atoms with Crippen molar-refractivity contribution in [2.24, 2.45) is 5.41 Å². The fourth-order valence-electron chi connectivity index (χ4n) is 1.22. The summed E-state index contributed by atoms with van der Waals surface area (Å²) in [6, 6.07) is -0.125. The van der Waals surface area contributed by atoms with Gasteiger partial charge in [-0.1, -0.05) is 19.9 Å². The molecule has 0 heterocycles. The summed E-state index contributed by atoms with van der Waals surface area (Å²) in [4.78, 5) is 11.1. The third kappa shape index (κ3) is 2.46. The zero-order valence-electron chi connectivity index (χ0n) is 7.77. The van der Waals surface area contributed by atoms with Gasteiger partial charge in [-0.3, -0.25) is 4.79 Å². The Morgan fingerprint density at radius 3 is 2.18 bits per heavy atom. The highest BCUT2D eigenvalue weighted by Crippen LogP contribution is 2.21. The highest BCUT2D eigenvalue weighted by Gasteiger charge is 2.28. The van der Waals surface area contributed by atoms with Crippen molar-refractivity contribution in [2.45, 2.75) is 26.8 Å². The van der Waals surface area contributed by atoms with Crippen LogP contribution in [0.15, 0.2) is 12.7 Å². The molecule has 0 fully saturated rings. The Labute approximate surface area is 68.7 Å². The summed E-state index contributed by atoms with van der Waals surface area (Å²) in [5, 5.41) is 2.97. The maximum absolute atomic E-state index is 11.1. The third-order valence-electron chi connectivity index (χ3n) is 1.97. The second-order valence-corrected chi connectivity index (χ2v) is 3.36. The summed E-state index contributed by atoms with van der Waals surface area (Å²) in [5.74, 6) is 0.150. The number of Topliss-reactive ketones (excluding diaryl/α,β-unsaturated/α-hetero) is 1. The molecule has 1 N–H and O–H groups in total. The summed E-state index contributed by atoms with van der Waals surface area (Å²) in [5.41, 5.74) is -0.166. The maximum Gasteiger partial charge on any atom is 0.147 e. The lowest BCUT2D eigenvalue weighted by atomic mass is 9.83. The quantitative estimate of drug-likeness (QED) is 0.621. The van der Waals surface area contributed by atoms with Crippen molar-refractivity contribution in [3.8, 4) is 0 Å². The lowest BCUT2D eigenvalue weighted by Crippen LogP contribution is -2.43. The second-order valence-electron chi connectivity index (χ2n) is 3.36. The van der Waals surface area contributed by atoms with E-state index in [2.05, 4.69) is 11.9 Å². The van der Waals surface area contributed by atoms with E-state index < -0.39 is 0 Å². The van der Waals surface area contributed by atoms with Gasteiger partial charge in [0.15, 0.2) is 0 Å². The Kier molecular flexibility index (Phi) is 3.46. The normalized spacial score (nSPS) is 14.2. The van der Waals surface area contributed by atoms with E-state index in [0.717, 1.165) is 0 Å². The van der Waals surface area contributed by atoms with Crippen LogP contribution in [-0.2, 0) is 4.79 Å². The first-order valence-electron chi connectivity index (χ1n) is 3.77. The predicted octanol–water partition coefficient (Wildman–Crippen LogP) is 1.38. The van der Waals surface area contributed by atoms with Gasteiger partial charge in [-0.2, -0.15) is 0 Å². The average molecular weight is 155 g/mol. The van der Waals surface area contributed by atoms with Crippen LogP contribution in [0.25, 0.3) is 0 Å². The molecule has 0 radical (unpaired) electrons. The van der Waals surface area contributed by atoms with Crippen molar-refractivity contribution in [3.05, 3.63) is 12.7 Å².